The molecule has 0 atom stereocenters. The van der Waals surface area contributed by atoms with Crippen LogP contribution in [-0.2, 0) is 4.74 Å². The molecule has 7 nitrogen and oxygen atoms in total. The van der Waals surface area contributed by atoms with Crippen LogP contribution in [0.2, 0.25) is 0 Å². The molecule has 0 bridgehead atoms. The van der Waals surface area contributed by atoms with Gasteiger partial charge in [0.15, 0.2) is 11.5 Å². The van der Waals surface area contributed by atoms with Gasteiger partial charge in [-0.25, -0.2) is 15.0 Å². The van der Waals surface area contributed by atoms with Crippen molar-refractivity contribution >= 4 is 29.0 Å². The number of carbonyl (C=O) groups is 2. The van der Waals surface area contributed by atoms with Gasteiger partial charge in [-0.1, -0.05) is 36.4 Å². The number of nitrogens with one attached hydrogen (secondary N) is 1. The number of nitrogens with zero attached hydrogens (tertiary/aromatic N) is 1. The van der Waals surface area contributed by atoms with E-state index in [1.54, 1.807) is 45.0 Å². The van der Waals surface area contributed by atoms with Crippen LogP contribution in [0.1, 0.15) is 36.7 Å². The summed E-state index contributed by atoms with van der Waals surface area (Å²) < 4.78 is 16.0. The van der Waals surface area contributed by atoms with Gasteiger partial charge < -0.3 is 14.2 Å². The molecule has 3 aromatic rings. The highest BCUT2D eigenvalue weighted by atomic mass is 16.6. The Morgan fingerprint density at radius 3 is 2.45 bits per heavy atom. The van der Waals surface area contributed by atoms with Gasteiger partial charge in [-0.05, 0) is 61.4 Å². The van der Waals surface area contributed by atoms with Crippen molar-refractivity contribution in [1.82, 2.24) is 5.43 Å². The lowest BCUT2D eigenvalue weighted by Crippen LogP contribution is -2.29. The third kappa shape index (κ3) is 5.82. The topological polar surface area (TPSA) is 86.2 Å². The first-order valence-corrected chi connectivity index (χ1v) is 9.67. The molecule has 0 fully saturated rings. The fourth-order valence-corrected chi connectivity index (χ4v) is 2.87. The van der Waals surface area contributed by atoms with E-state index < -0.39 is 17.7 Å². The molecular weight excluding hydrogens is 396 g/mol. The van der Waals surface area contributed by atoms with Gasteiger partial charge in [0.2, 0.25) is 0 Å². The number of hydrogen-bond acceptors (Lipinski definition) is 6. The van der Waals surface area contributed by atoms with Gasteiger partial charge in [-0.15, -0.1) is 0 Å². The number of hydrogen-bond donors (Lipinski definition) is 1. The van der Waals surface area contributed by atoms with Crippen molar-refractivity contribution in [2.75, 3.05) is 7.11 Å². The fraction of sp³-hybridized carbons (Fsp3) is 0.208. The predicted octanol–water partition coefficient (Wildman–Crippen LogP) is 4.93. The van der Waals surface area contributed by atoms with E-state index in [1.165, 1.54) is 13.3 Å². The molecule has 0 aliphatic heterocycles. The average molecular weight is 420 g/mol. The third-order valence-electron chi connectivity index (χ3n) is 4.17. The van der Waals surface area contributed by atoms with Gasteiger partial charge in [0.25, 0.3) is 0 Å². The number of hydrazone groups is 1. The van der Waals surface area contributed by atoms with Crippen LogP contribution >= 0.6 is 0 Å². The van der Waals surface area contributed by atoms with Crippen molar-refractivity contribution in [3.63, 3.8) is 0 Å². The molecule has 3 rings (SSSR count). The summed E-state index contributed by atoms with van der Waals surface area (Å²) in [6.07, 6.45) is 0.777. The summed E-state index contributed by atoms with van der Waals surface area (Å²) in [5.74, 6) is 0.149. The van der Waals surface area contributed by atoms with E-state index in [-0.39, 0.29) is 5.75 Å². The molecule has 7 heteroatoms. The minimum atomic E-state index is -0.656. The number of methoxy groups -OCH3 is 1. The number of esters is 1. The Bertz CT molecular complexity index is 1130. The Morgan fingerprint density at radius 1 is 0.968 bits per heavy atom. The number of carbonyl (C=O) groups excluding carboxylic acids is 2. The summed E-state index contributed by atoms with van der Waals surface area (Å²) in [6.45, 7) is 5.29. The minimum Gasteiger partial charge on any atom is -0.493 e. The van der Waals surface area contributed by atoms with Crippen molar-refractivity contribution in [2.45, 2.75) is 26.4 Å². The lowest BCUT2D eigenvalue weighted by atomic mass is 10.0. The Kier molecular flexibility index (Phi) is 6.55. The van der Waals surface area contributed by atoms with E-state index in [0.29, 0.717) is 16.9 Å². The first-order valence-electron chi connectivity index (χ1n) is 9.67. The second-order valence-electron chi connectivity index (χ2n) is 7.70. The second kappa shape index (κ2) is 9.30. The molecule has 0 aliphatic carbocycles. The lowest BCUT2D eigenvalue weighted by molar-refractivity contribution is 0.0529. The van der Waals surface area contributed by atoms with Crippen LogP contribution in [-0.4, -0.2) is 31.0 Å². The zero-order valence-electron chi connectivity index (χ0n) is 17.8. The zero-order valence-corrected chi connectivity index (χ0v) is 17.8. The van der Waals surface area contributed by atoms with Crippen molar-refractivity contribution in [1.29, 1.82) is 0 Å². The monoisotopic (exact) mass is 420 g/mol. The van der Waals surface area contributed by atoms with Crippen LogP contribution in [0, 0.1) is 0 Å². The van der Waals surface area contributed by atoms with Crippen molar-refractivity contribution in [3.05, 3.63) is 71.8 Å². The van der Waals surface area contributed by atoms with Gasteiger partial charge in [-0.2, -0.15) is 5.10 Å². The molecule has 0 radical (unpaired) electrons. The molecule has 0 saturated heterocycles. The third-order valence-corrected chi connectivity index (χ3v) is 4.17. The van der Waals surface area contributed by atoms with E-state index in [1.807, 2.05) is 36.4 Å². The van der Waals surface area contributed by atoms with Crippen molar-refractivity contribution < 1.29 is 23.8 Å². The lowest BCUT2D eigenvalue weighted by Gasteiger charge is -2.18. The summed E-state index contributed by atoms with van der Waals surface area (Å²) in [5.41, 5.74) is 2.78. The van der Waals surface area contributed by atoms with E-state index in [2.05, 4.69) is 10.5 Å². The first kappa shape index (κ1) is 21.8. The normalized spacial score (nSPS) is 11.4. The smallest absolute Gasteiger partial charge is 0.428 e. The van der Waals surface area contributed by atoms with E-state index in [0.717, 1.165) is 10.8 Å². The summed E-state index contributed by atoms with van der Waals surface area (Å²) in [7, 11) is 1.48. The molecule has 0 heterocycles. The molecule has 31 heavy (non-hydrogen) atoms. The van der Waals surface area contributed by atoms with Crippen LogP contribution in [0.5, 0.6) is 11.5 Å². The van der Waals surface area contributed by atoms with Crippen LogP contribution in [0.25, 0.3) is 10.8 Å². The minimum absolute atomic E-state index is 0.276. The first-order chi connectivity index (χ1) is 14.8. The zero-order chi connectivity index (χ0) is 22.4. The standard InChI is InChI=1S/C24H24N2O5/c1-24(2,3)31-23(28)26-25-15-16-12-13-20(21(14-16)29-4)30-22(27)19-11-7-9-17-8-5-6-10-18(17)19/h5-15H,1-4H3,(H,26,28)/b25-15-. The molecule has 1 amide bonds. The highest BCUT2D eigenvalue weighted by Crippen LogP contribution is 2.29. The maximum atomic E-state index is 12.8. The van der Waals surface area contributed by atoms with Crippen molar-refractivity contribution in [2.24, 2.45) is 5.10 Å². The van der Waals surface area contributed by atoms with E-state index in [9.17, 15) is 9.59 Å². The Balaban J connectivity index is 1.73. The van der Waals surface area contributed by atoms with E-state index >= 15 is 0 Å². The van der Waals surface area contributed by atoms with Crippen LogP contribution in [0.3, 0.4) is 0 Å². The van der Waals surface area contributed by atoms with E-state index in [4.69, 9.17) is 14.2 Å². The molecule has 0 aliphatic rings. The number of rotatable bonds is 5. The highest BCUT2D eigenvalue weighted by molar-refractivity contribution is 6.05. The van der Waals surface area contributed by atoms with Crippen LogP contribution in [0.15, 0.2) is 65.8 Å². The quantitative estimate of drug-likeness (QED) is 0.274. The molecule has 0 aromatic heterocycles. The Morgan fingerprint density at radius 2 is 1.71 bits per heavy atom. The molecule has 160 valence electrons. The summed E-state index contributed by atoms with van der Waals surface area (Å²) in [6, 6.07) is 18.0. The number of amides is 1. The number of ether oxygens (including phenoxy) is 3. The van der Waals surface area contributed by atoms with Crippen LogP contribution < -0.4 is 14.9 Å². The number of fused-ring (bicyclic) bond motifs is 1. The van der Waals surface area contributed by atoms with Gasteiger partial charge in [0, 0.05) is 0 Å². The highest BCUT2D eigenvalue weighted by Gasteiger charge is 2.16. The molecule has 0 spiro atoms. The largest absolute Gasteiger partial charge is 0.493 e. The fourth-order valence-electron chi connectivity index (χ4n) is 2.87. The van der Waals surface area contributed by atoms with Gasteiger partial charge in [-0.3, -0.25) is 0 Å². The maximum Gasteiger partial charge on any atom is 0.428 e. The van der Waals surface area contributed by atoms with Gasteiger partial charge >= 0.3 is 12.1 Å². The molecular formula is C24H24N2O5. The summed E-state index contributed by atoms with van der Waals surface area (Å²) in [5, 5.41) is 5.62. The molecule has 0 saturated carbocycles. The maximum absolute atomic E-state index is 12.8. The number of benzene rings is 3. The summed E-state index contributed by atoms with van der Waals surface area (Å²) >= 11 is 0. The summed E-state index contributed by atoms with van der Waals surface area (Å²) in [4.78, 5) is 24.4. The predicted molar refractivity (Wildman–Crippen MR) is 119 cm³/mol. The average Bonchev–Trinajstić information content (AvgIpc) is 2.73. The molecule has 3 aromatic carbocycles. The molecule has 0 unspecified atom stereocenters. The van der Waals surface area contributed by atoms with Gasteiger partial charge in [0.1, 0.15) is 5.60 Å². The van der Waals surface area contributed by atoms with Crippen molar-refractivity contribution in [3.8, 4) is 11.5 Å². The van der Waals surface area contributed by atoms with Crippen LogP contribution in [0.4, 0.5) is 4.79 Å². The van der Waals surface area contributed by atoms with Gasteiger partial charge in [0.05, 0.1) is 18.9 Å². The Labute approximate surface area is 180 Å². The molecule has 1 N–H and O–H groups in total. The second-order valence-corrected chi connectivity index (χ2v) is 7.70. The SMILES string of the molecule is COc1cc(/C=N\NC(=O)OC(C)(C)C)ccc1OC(=O)c1cccc2ccccc12. The Hall–Kier alpha value is -3.87.